The van der Waals surface area contributed by atoms with Crippen LogP contribution in [-0.4, -0.2) is 58.5 Å². The molecule has 2 heterocycles. The second kappa shape index (κ2) is 10.1. The number of carbonyl (C=O) groups is 1. The average molecular weight is 457 g/mol. The number of amides is 1. The number of hydrogen-bond acceptors (Lipinski definition) is 4. The van der Waals surface area contributed by atoms with Crippen LogP contribution in [0.5, 0.6) is 0 Å². The number of ether oxygens (including phenoxy) is 1. The van der Waals surface area contributed by atoms with E-state index < -0.39 is 17.4 Å². The van der Waals surface area contributed by atoms with E-state index in [9.17, 15) is 9.90 Å². The van der Waals surface area contributed by atoms with Gasteiger partial charge in [0.1, 0.15) is 0 Å². The molecular weight excluding hydrogens is 424 g/mol. The molecule has 1 unspecified atom stereocenters. The lowest BCUT2D eigenvalue weighted by Crippen LogP contribution is -2.60. The number of nitrogens with zero attached hydrogens (tertiary/aromatic N) is 2. The van der Waals surface area contributed by atoms with E-state index in [4.69, 9.17) is 4.74 Å². The number of aliphatic hydroxyl groups is 1. The van der Waals surface area contributed by atoms with Gasteiger partial charge in [0.05, 0.1) is 0 Å². The molecule has 2 aliphatic rings. The maximum atomic E-state index is 12.4. The minimum absolute atomic E-state index is 0. The maximum absolute atomic E-state index is 12.4. The van der Waals surface area contributed by atoms with Gasteiger partial charge in [0.15, 0.2) is 11.3 Å². The van der Waals surface area contributed by atoms with Crippen molar-refractivity contribution in [1.29, 1.82) is 0 Å². The molecule has 0 aliphatic carbocycles. The van der Waals surface area contributed by atoms with Crippen LogP contribution in [0, 0.1) is 0 Å². The average Bonchev–Trinajstić information content (AvgIpc) is 2.97. The second-order valence-electron chi connectivity index (χ2n) is 8.69. The number of carbonyl (C=O) groups excluding carboxylic acids is 1. The number of benzene rings is 2. The smallest absolute Gasteiger partial charge is 0.412 e. The predicted octanol–water partition coefficient (Wildman–Crippen LogP) is 4.95. The first-order valence-electron chi connectivity index (χ1n) is 11.2. The summed E-state index contributed by atoms with van der Waals surface area (Å²) in [5.41, 5.74) is 1.53. The Bertz CT molecular complexity index is 881. The summed E-state index contributed by atoms with van der Waals surface area (Å²) >= 11 is 0. The van der Waals surface area contributed by atoms with Gasteiger partial charge >= 0.3 is 6.09 Å². The number of hydrogen-bond donors (Lipinski definition) is 1. The van der Waals surface area contributed by atoms with E-state index in [1.54, 1.807) is 6.92 Å². The van der Waals surface area contributed by atoms with Gasteiger partial charge in [-0.05, 0) is 30.0 Å². The Morgan fingerprint density at radius 2 is 1.56 bits per heavy atom. The lowest BCUT2D eigenvalue weighted by molar-refractivity contribution is -0.164. The summed E-state index contributed by atoms with van der Waals surface area (Å²) in [6.45, 7) is 6.60. The first-order chi connectivity index (χ1) is 15.0. The second-order valence-corrected chi connectivity index (χ2v) is 8.69. The van der Waals surface area contributed by atoms with Crippen molar-refractivity contribution < 1.29 is 14.6 Å². The van der Waals surface area contributed by atoms with Crippen molar-refractivity contribution in [3.63, 3.8) is 0 Å². The van der Waals surface area contributed by atoms with Crippen LogP contribution in [0.15, 0.2) is 66.7 Å². The van der Waals surface area contributed by atoms with E-state index in [-0.39, 0.29) is 12.4 Å². The van der Waals surface area contributed by atoms with Crippen LogP contribution in [0.2, 0.25) is 0 Å². The first-order valence-corrected chi connectivity index (χ1v) is 11.2. The van der Waals surface area contributed by atoms with E-state index in [0.29, 0.717) is 19.4 Å². The number of likely N-dealkylation sites (tertiary alicyclic amines) is 1. The summed E-state index contributed by atoms with van der Waals surface area (Å²) in [7, 11) is 0. The molecule has 0 aromatic heterocycles. The minimum atomic E-state index is -1.26. The highest BCUT2D eigenvalue weighted by Gasteiger charge is 2.62. The Labute approximate surface area is 197 Å². The highest BCUT2D eigenvalue weighted by molar-refractivity contribution is 5.85. The topological polar surface area (TPSA) is 53.0 Å². The van der Waals surface area contributed by atoms with Crippen molar-refractivity contribution in [3.05, 3.63) is 77.9 Å². The molecule has 32 heavy (non-hydrogen) atoms. The van der Waals surface area contributed by atoms with E-state index in [0.717, 1.165) is 26.1 Å². The molecule has 6 heteroatoms. The Kier molecular flexibility index (Phi) is 7.65. The molecule has 1 amide bonds. The molecule has 2 aromatic carbocycles. The van der Waals surface area contributed by atoms with Gasteiger partial charge in [-0.1, -0.05) is 73.7 Å². The van der Waals surface area contributed by atoms with Crippen LogP contribution in [-0.2, 0) is 4.74 Å². The Hall–Kier alpha value is -2.34. The van der Waals surface area contributed by atoms with Crippen molar-refractivity contribution in [1.82, 2.24) is 9.80 Å². The molecule has 2 aliphatic heterocycles. The highest BCUT2D eigenvalue weighted by Crippen LogP contribution is 2.44. The van der Waals surface area contributed by atoms with Gasteiger partial charge in [-0.3, -0.25) is 9.80 Å². The molecule has 172 valence electrons. The Morgan fingerprint density at radius 3 is 2.06 bits per heavy atom. The van der Waals surface area contributed by atoms with Crippen LogP contribution in [0.1, 0.15) is 44.2 Å². The maximum Gasteiger partial charge on any atom is 0.412 e. The SMILES string of the molecule is CCCN1C(=O)OC2(CCN(CC=C(c3ccccc3)c3ccccc3)CC2)C1(C)O.Cl. The lowest BCUT2D eigenvalue weighted by Gasteiger charge is -2.44. The molecule has 2 fully saturated rings. The third-order valence-corrected chi connectivity index (χ3v) is 6.73. The summed E-state index contributed by atoms with van der Waals surface area (Å²) in [5, 5.41) is 11.2. The van der Waals surface area contributed by atoms with Crippen LogP contribution >= 0.6 is 12.4 Å². The molecule has 2 saturated heterocycles. The summed E-state index contributed by atoms with van der Waals surface area (Å²) in [6.07, 6.45) is 3.94. The molecule has 1 atom stereocenters. The molecule has 2 aromatic rings. The monoisotopic (exact) mass is 456 g/mol. The van der Waals surface area contributed by atoms with Gasteiger partial charge < -0.3 is 9.84 Å². The molecule has 0 radical (unpaired) electrons. The quantitative estimate of drug-likeness (QED) is 0.668. The fourth-order valence-corrected chi connectivity index (χ4v) is 4.81. The van der Waals surface area contributed by atoms with Crippen LogP contribution in [0.3, 0.4) is 0 Å². The molecule has 1 N–H and O–H groups in total. The zero-order valence-electron chi connectivity index (χ0n) is 18.9. The van der Waals surface area contributed by atoms with Gasteiger partial charge in [0.25, 0.3) is 0 Å². The Morgan fingerprint density at radius 1 is 1.03 bits per heavy atom. The fraction of sp³-hybridized carbons (Fsp3) is 0.423. The van der Waals surface area contributed by atoms with E-state index in [2.05, 4.69) is 59.5 Å². The van der Waals surface area contributed by atoms with Gasteiger partial charge in [0.2, 0.25) is 0 Å². The van der Waals surface area contributed by atoms with Crippen molar-refractivity contribution in [2.75, 3.05) is 26.2 Å². The summed E-state index contributed by atoms with van der Waals surface area (Å²) in [4.78, 5) is 16.2. The Balaban J connectivity index is 0.00000289. The summed E-state index contributed by atoms with van der Waals surface area (Å²) in [5.74, 6) is 0. The molecular formula is C26H33ClN2O3. The first kappa shape index (κ1) is 24.3. The van der Waals surface area contributed by atoms with Crippen molar-refractivity contribution in [3.8, 4) is 0 Å². The normalized spacial score (nSPS) is 22.3. The third kappa shape index (κ3) is 4.56. The van der Waals surface area contributed by atoms with Crippen LogP contribution in [0.4, 0.5) is 4.79 Å². The summed E-state index contributed by atoms with van der Waals surface area (Å²) in [6, 6.07) is 20.9. The van der Waals surface area contributed by atoms with Crippen molar-refractivity contribution in [2.24, 2.45) is 0 Å². The molecule has 4 rings (SSSR count). The van der Waals surface area contributed by atoms with E-state index >= 15 is 0 Å². The zero-order valence-corrected chi connectivity index (χ0v) is 19.7. The van der Waals surface area contributed by atoms with Crippen LogP contribution < -0.4 is 0 Å². The van der Waals surface area contributed by atoms with Gasteiger partial charge in [-0.2, -0.15) is 0 Å². The van der Waals surface area contributed by atoms with Crippen molar-refractivity contribution in [2.45, 2.75) is 44.4 Å². The van der Waals surface area contributed by atoms with E-state index in [1.165, 1.54) is 21.6 Å². The number of halogens is 1. The zero-order chi connectivity index (χ0) is 21.9. The third-order valence-electron chi connectivity index (χ3n) is 6.73. The fourth-order valence-electron chi connectivity index (χ4n) is 4.81. The number of piperidine rings is 1. The van der Waals surface area contributed by atoms with Crippen LogP contribution in [0.25, 0.3) is 5.57 Å². The summed E-state index contributed by atoms with van der Waals surface area (Å²) < 4.78 is 5.78. The van der Waals surface area contributed by atoms with E-state index in [1.807, 2.05) is 19.1 Å². The minimum Gasteiger partial charge on any atom is -0.437 e. The molecule has 0 bridgehead atoms. The molecule has 1 spiro atoms. The van der Waals surface area contributed by atoms with Gasteiger partial charge in [-0.15, -0.1) is 12.4 Å². The predicted molar refractivity (Wildman–Crippen MR) is 130 cm³/mol. The molecule has 5 nitrogen and oxygen atoms in total. The standard InChI is InChI=1S/C26H32N2O3.ClH/c1-3-17-28-24(29)31-26(25(28,2)30)15-19-27(20-16-26)18-14-23(21-10-6-4-7-11-21)22-12-8-5-9-13-22;/h4-14,30H,3,15-20H2,1-2H3;1H. The van der Waals surface area contributed by atoms with Gasteiger partial charge in [0, 0.05) is 39.0 Å². The highest BCUT2D eigenvalue weighted by atomic mass is 35.5. The lowest BCUT2D eigenvalue weighted by atomic mass is 9.82. The molecule has 0 saturated carbocycles. The van der Waals surface area contributed by atoms with Crippen molar-refractivity contribution >= 4 is 24.1 Å². The largest absolute Gasteiger partial charge is 0.437 e. The van der Waals surface area contributed by atoms with Gasteiger partial charge in [-0.25, -0.2) is 4.79 Å². The number of rotatable bonds is 6.